The molecule has 4 rings (SSSR count). The Kier molecular flexibility index (Phi) is 4.46. The number of aliphatic hydroxyl groups is 1. The Morgan fingerprint density at radius 1 is 1.31 bits per heavy atom. The molecule has 0 spiro atoms. The number of nitrogens with zero attached hydrogens (tertiary/aromatic N) is 3. The number of amidine groups is 1. The van der Waals surface area contributed by atoms with Crippen molar-refractivity contribution in [3.05, 3.63) is 58.9 Å². The van der Waals surface area contributed by atoms with Crippen molar-refractivity contribution in [3.63, 3.8) is 0 Å². The average Bonchev–Trinajstić information content (AvgIpc) is 3.09. The number of carbonyl (C=O) groups is 1. The molecule has 7 heteroatoms. The minimum atomic E-state index is -0.767. The van der Waals surface area contributed by atoms with Gasteiger partial charge >= 0.3 is 0 Å². The van der Waals surface area contributed by atoms with E-state index in [1.165, 1.54) is 21.6 Å². The molecule has 2 N–H and O–H groups in total. The predicted molar refractivity (Wildman–Crippen MR) is 111 cm³/mol. The summed E-state index contributed by atoms with van der Waals surface area (Å²) >= 11 is 0. The Labute approximate surface area is 171 Å². The molecule has 1 saturated heterocycles. The van der Waals surface area contributed by atoms with Gasteiger partial charge in [-0.2, -0.15) is 0 Å². The molecule has 3 aliphatic heterocycles. The minimum absolute atomic E-state index is 0.114. The normalized spacial score (nSPS) is 23.8. The molecule has 29 heavy (non-hydrogen) atoms. The van der Waals surface area contributed by atoms with Crippen LogP contribution in [0.4, 0.5) is 0 Å². The van der Waals surface area contributed by atoms with E-state index in [1.54, 1.807) is 20.0 Å². The lowest BCUT2D eigenvalue weighted by atomic mass is 9.93. The Bertz CT molecular complexity index is 959. The van der Waals surface area contributed by atoms with Gasteiger partial charge in [-0.05, 0) is 44.4 Å². The minimum Gasteiger partial charge on any atom is -0.512 e. The standard InChI is InChI=1S/C22H28N4O3/c1-21(2)20(28)26(19(12-27)24-21)16-10-23-18(25(5)11-16)9-14-6-7-15-13-29-22(3,4)17(15)8-14/h6-8,10,12,24,27H,9,11,13H2,1-5H3/b19-12-. The van der Waals surface area contributed by atoms with Gasteiger partial charge in [0, 0.05) is 13.5 Å². The highest BCUT2D eigenvalue weighted by molar-refractivity contribution is 5.92. The first-order valence-corrected chi connectivity index (χ1v) is 9.82. The van der Waals surface area contributed by atoms with E-state index in [9.17, 15) is 9.90 Å². The summed E-state index contributed by atoms with van der Waals surface area (Å²) in [6.45, 7) is 8.95. The van der Waals surface area contributed by atoms with Gasteiger partial charge in [-0.25, -0.2) is 4.99 Å². The van der Waals surface area contributed by atoms with Crippen molar-refractivity contribution in [2.24, 2.45) is 4.99 Å². The first-order chi connectivity index (χ1) is 13.6. The second-order valence-corrected chi connectivity index (χ2v) is 8.89. The number of benzene rings is 1. The van der Waals surface area contributed by atoms with Gasteiger partial charge in [0.05, 0.1) is 30.6 Å². The van der Waals surface area contributed by atoms with Crippen molar-refractivity contribution >= 4 is 11.7 Å². The molecule has 0 aliphatic carbocycles. The zero-order valence-electron chi connectivity index (χ0n) is 17.6. The highest BCUT2D eigenvalue weighted by Gasteiger charge is 2.44. The van der Waals surface area contributed by atoms with Crippen LogP contribution >= 0.6 is 0 Å². The molecule has 1 fully saturated rings. The van der Waals surface area contributed by atoms with Crippen LogP contribution in [0.1, 0.15) is 44.4 Å². The number of likely N-dealkylation sites (N-methyl/N-ethyl adjacent to an activating group) is 1. The lowest BCUT2D eigenvalue weighted by Gasteiger charge is -2.30. The fraction of sp³-hybridized carbons (Fsp3) is 0.455. The molecule has 3 aliphatic rings. The number of carbonyl (C=O) groups excluding carboxylic acids is 1. The molecular weight excluding hydrogens is 368 g/mol. The Balaban J connectivity index is 1.58. The van der Waals surface area contributed by atoms with E-state index in [2.05, 4.69) is 42.4 Å². The number of fused-ring (bicyclic) bond motifs is 1. The van der Waals surface area contributed by atoms with Gasteiger partial charge in [0.25, 0.3) is 5.91 Å². The van der Waals surface area contributed by atoms with Gasteiger partial charge in [0.2, 0.25) is 0 Å². The summed E-state index contributed by atoms with van der Waals surface area (Å²) < 4.78 is 5.88. The number of ether oxygens (including phenoxy) is 1. The van der Waals surface area contributed by atoms with Gasteiger partial charge < -0.3 is 20.1 Å². The summed E-state index contributed by atoms with van der Waals surface area (Å²) in [5.41, 5.74) is 3.35. The van der Waals surface area contributed by atoms with Crippen LogP contribution in [0.5, 0.6) is 0 Å². The summed E-state index contributed by atoms with van der Waals surface area (Å²) in [7, 11) is 1.97. The molecule has 1 aromatic carbocycles. The molecule has 0 atom stereocenters. The van der Waals surface area contributed by atoms with Crippen LogP contribution in [0, 0.1) is 0 Å². The molecule has 0 unspecified atom stereocenters. The lowest BCUT2D eigenvalue weighted by molar-refractivity contribution is -0.129. The number of aliphatic hydroxyl groups excluding tert-OH is 1. The van der Waals surface area contributed by atoms with Crippen molar-refractivity contribution in [3.8, 4) is 0 Å². The van der Waals surface area contributed by atoms with Crippen LogP contribution in [-0.4, -0.2) is 45.8 Å². The zero-order chi connectivity index (χ0) is 21.0. The molecule has 0 aromatic heterocycles. The van der Waals surface area contributed by atoms with Crippen molar-refractivity contribution in [2.45, 2.75) is 51.9 Å². The van der Waals surface area contributed by atoms with Gasteiger partial charge in [-0.1, -0.05) is 18.2 Å². The van der Waals surface area contributed by atoms with Crippen molar-refractivity contribution in [2.75, 3.05) is 13.6 Å². The lowest BCUT2D eigenvalue weighted by Crippen LogP contribution is -2.42. The highest BCUT2D eigenvalue weighted by atomic mass is 16.5. The average molecular weight is 396 g/mol. The zero-order valence-corrected chi connectivity index (χ0v) is 17.6. The predicted octanol–water partition coefficient (Wildman–Crippen LogP) is 2.75. The summed E-state index contributed by atoms with van der Waals surface area (Å²) in [5.74, 6) is 1.19. The van der Waals surface area contributed by atoms with Crippen LogP contribution in [0.25, 0.3) is 0 Å². The van der Waals surface area contributed by atoms with E-state index >= 15 is 0 Å². The van der Waals surface area contributed by atoms with E-state index in [-0.39, 0.29) is 11.5 Å². The summed E-state index contributed by atoms with van der Waals surface area (Å²) in [6.07, 6.45) is 3.35. The molecule has 0 radical (unpaired) electrons. The second kappa shape index (κ2) is 6.62. The van der Waals surface area contributed by atoms with Gasteiger partial charge in [0.15, 0.2) is 0 Å². The number of rotatable bonds is 3. The first-order valence-electron chi connectivity index (χ1n) is 9.82. The molecule has 3 heterocycles. The third-order valence-electron chi connectivity index (χ3n) is 5.80. The maximum atomic E-state index is 12.7. The van der Waals surface area contributed by atoms with Crippen molar-refractivity contribution < 1.29 is 14.6 Å². The van der Waals surface area contributed by atoms with Crippen LogP contribution in [0.2, 0.25) is 0 Å². The number of aliphatic imine (C=N–C) groups is 1. The Morgan fingerprint density at radius 3 is 2.76 bits per heavy atom. The van der Waals surface area contributed by atoms with E-state index in [0.29, 0.717) is 25.4 Å². The maximum absolute atomic E-state index is 12.7. The quantitative estimate of drug-likeness (QED) is 0.769. The van der Waals surface area contributed by atoms with Gasteiger partial charge in [0.1, 0.15) is 23.5 Å². The maximum Gasteiger partial charge on any atom is 0.257 e. The van der Waals surface area contributed by atoms with Gasteiger partial charge in [-0.15, -0.1) is 0 Å². The highest BCUT2D eigenvalue weighted by Crippen LogP contribution is 2.36. The van der Waals surface area contributed by atoms with E-state index in [1.807, 2.05) is 11.9 Å². The van der Waals surface area contributed by atoms with Crippen molar-refractivity contribution in [1.29, 1.82) is 0 Å². The fourth-order valence-electron chi connectivity index (χ4n) is 4.06. The smallest absolute Gasteiger partial charge is 0.257 e. The second-order valence-electron chi connectivity index (χ2n) is 8.89. The monoisotopic (exact) mass is 396 g/mol. The number of hydrogen-bond donors (Lipinski definition) is 2. The van der Waals surface area contributed by atoms with Gasteiger partial charge in [-0.3, -0.25) is 9.69 Å². The topological polar surface area (TPSA) is 77.4 Å². The molecule has 0 saturated carbocycles. The largest absolute Gasteiger partial charge is 0.512 e. The van der Waals surface area contributed by atoms with Crippen molar-refractivity contribution in [1.82, 2.24) is 15.1 Å². The number of amides is 1. The first kappa shape index (κ1) is 19.5. The van der Waals surface area contributed by atoms with E-state index in [0.717, 1.165) is 17.8 Å². The molecule has 1 aromatic rings. The van der Waals surface area contributed by atoms with Crippen LogP contribution in [0.3, 0.4) is 0 Å². The third-order valence-corrected chi connectivity index (χ3v) is 5.80. The Morgan fingerprint density at radius 2 is 2.07 bits per heavy atom. The third kappa shape index (κ3) is 3.29. The summed E-state index contributed by atoms with van der Waals surface area (Å²) in [6, 6.07) is 6.47. The number of hydrogen-bond acceptors (Lipinski definition) is 6. The molecular formula is C22H28N4O3. The fourth-order valence-corrected chi connectivity index (χ4v) is 4.06. The molecule has 7 nitrogen and oxygen atoms in total. The summed E-state index contributed by atoms with van der Waals surface area (Å²) in [5, 5.41) is 12.6. The van der Waals surface area contributed by atoms with Crippen LogP contribution in [-0.2, 0) is 28.2 Å². The SMILES string of the molecule is CN1CC(N2C(=O)C(C)(C)N/C2=C/O)=CN=C1Cc1ccc2c(c1)C(C)(C)OC2. The van der Waals surface area contributed by atoms with Crippen LogP contribution < -0.4 is 5.32 Å². The van der Waals surface area contributed by atoms with E-state index < -0.39 is 5.54 Å². The van der Waals surface area contributed by atoms with Crippen LogP contribution in [0.15, 0.2) is 47.2 Å². The Hall–Kier alpha value is -2.80. The molecule has 154 valence electrons. The van der Waals surface area contributed by atoms with E-state index in [4.69, 9.17) is 4.74 Å². The molecule has 0 bridgehead atoms. The number of nitrogens with one attached hydrogen (secondary N) is 1. The molecule has 1 amide bonds. The summed E-state index contributed by atoms with van der Waals surface area (Å²) in [4.78, 5) is 20.9.